The van der Waals surface area contributed by atoms with Crippen molar-refractivity contribution in [2.24, 2.45) is 10.1 Å². The molecule has 0 unspecified atom stereocenters. The monoisotopic (exact) mass is 492 g/mol. The van der Waals surface area contributed by atoms with Crippen LogP contribution in [0.25, 0.3) is 0 Å². The van der Waals surface area contributed by atoms with Gasteiger partial charge in [-0.05, 0) is 17.5 Å². The van der Waals surface area contributed by atoms with Gasteiger partial charge in [0.2, 0.25) is 5.96 Å². The number of carbonyl (C=O) groups excluding carboxylic acids is 2. The molecule has 0 heterocycles. The standard InChI is InChI=1S/C21H24N4O8S/c22-19(24-21(29)33-14-16-9-5-2-6-10-16)25-34(30,31)12-11-17(18(26)27)23-20(28)32-13-15-7-3-1-4-8-15/h1-10,17H,11-14H2,(H,23,28)(H,26,27)(H3,22,24,25,29)/t17-/m0/s1. The van der Waals surface area contributed by atoms with Crippen LogP contribution < -0.4 is 16.4 Å². The van der Waals surface area contributed by atoms with E-state index in [1.165, 1.54) is 0 Å². The Hall–Kier alpha value is -4.13. The van der Waals surface area contributed by atoms with Gasteiger partial charge in [0, 0.05) is 0 Å². The number of rotatable bonds is 10. The number of nitrogens with zero attached hydrogens (tertiary/aromatic N) is 1. The third-order valence-electron chi connectivity index (χ3n) is 4.15. The Balaban J connectivity index is 1.82. The van der Waals surface area contributed by atoms with Crippen molar-refractivity contribution in [3.05, 3.63) is 71.8 Å². The van der Waals surface area contributed by atoms with Gasteiger partial charge in [-0.1, -0.05) is 60.7 Å². The maximum Gasteiger partial charge on any atom is 0.414 e. The minimum atomic E-state index is -4.28. The van der Waals surface area contributed by atoms with Crippen LogP contribution in [-0.2, 0) is 37.5 Å². The molecule has 0 radical (unpaired) electrons. The summed E-state index contributed by atoms with van der Waals surface area (Å²) >= 11 is 0. The molecule has 182 valence electrons. The molecule has 1 atom stereocenters. The molecule has 2 aromatic rings. The lowest BCUT2D eigenvalue weighted by atomic mass is 10.2. The first-order valence-corrected chi connectivity index (χ1v) is 11.5. The second kappa shape index (κ2) is 12.8. The maximum atomic E-state index is 12.1. The van der Waals surface area contributed by atoms with Gasteiger partial charge in [-0.15, -0.1) is 4.40 Å². The Morgan fingerprint density at radius 3 is 1.91 bits per heavy atom. The summed E-state index contributed by atoms with van der Waals surface area (Å²) in [6.07, 6.45) is -2.57. The second-order valence-corrected chi connectivity index (χ2v) is 8.59. The molecule has 0 bridgehead atoms. The molecule has 2 aromatic carbocycles. The van der Waals surface area contributed by atoms with Crippen molar-refractivity contribution < 1.29 is 37.4 Å². The molecule has 34 heavy (non-hydrogen) atoms. The summed E-state index contributed by atoms with van der Waals surface area (Å²) in [4.78, 5) is 35.0. The number of carboxylic acid groups (broad SMARTS) is 1. The molecular formula is C21H24N4O8S. The molecule has 0 aliphatic carbocycles. The predicted octanol–water partition coefficient (Wildman–Crippen LogP) is 1.33. The summed E-state index contributed by atoms with van der Waals surface area (Å²) in [5.74, 6) is -2.99. The van der Waals surface area contributed by atoms with Gasteiger partial charge in [-0.25, -0.2) is 22.8 Å². The highest BCUT2D eigenvalue weighted by Gasteiger charge is 2.24. The van der Waals surface area contributed by atoms with E-state index in [-0.39, 0.29) is 13.2 Å². The molecule has 12 nitrogen and oxygen atoms in total. The SMILES string of the molecule is N/C(=N\S(=O)(=O)CC[C@H](NC(=O)OCc1ccccc1)C(=O)O)NC(=O)OCc1ccccc1. The van der Waals surface area contributed by atoms with Crippen LogP contribution in [-0.4, -0.2) is 49.4 Å². The summed E-state index contributed by atoms with van der Waals surface area (Å²) in [5.41, 5.74) is 6.82. The number of benzene rings is 2. The first kappa shape index (κ1) is 26.1. The minimum absolute atomic E-state index is 0.0704. The van der Waals surface area contributed by atoms with Gasteiger partial charge in [0.15, 0.2) is 0 Å². The van der Waals surface area contributed by atoms with Crippen molar-refractivity contribution in [2.75, 3.05) is 5.75 Å². The number of ether oxygens (including phenoxy) is 2. The number of sulfonamides is 1. The Kier molecular flexibility index (Phi) is 9.83. The fourth-order valence-electron chi connectivity index (χ4n) is 2.51. The van der Waals surface area contributed by atoms with Crippen molar-refractivity contribution in [3.8, 4) is 0 Å². The largest absolute Gasteiger partial charge is 0.480 e. The number of nitrogens with one attached hydrogen (secondary N) is 2. The Bertz CT molecular complexity index is 1110. The summed E-state index contributed by atoms with van der Waals surface area (Å²) < 4.78 is 37.3. The molecule has 13 heteroatoms. The van der Waals surface area contributed by atoms with E-state index in [4.69, 9.17) is 15.2 Å². The molecule has 0 aromatic heterocycles. The highest BCUT2D eigenvalue weighted by molar-refractivity contribution is 7.90. The lowest BCUT2D eigenvalue weighted by Gasteiger charge is -2.14. The van der Waals surface area contributed by atoms with Crippen LogP contribution in [0.1, 0.15) is 17.5 Å². The van der Waals surface area contributed by atoms with E-state index in [0.29, 0.717) is 11.1 Å². The van der Waals surface area contributed by atoms with E-state index in [1.54, 1.807) is 60.7 Å². The predicted molar refractivity (Wildman–Crippen MR) is 121 cm³/mol. The van der Waals surface area contributed by atoms with Gasteiger partial charge in [0.1, 0.15) is 19.3 Å². The van der Waals surface area contributed by atoms with E-state index in [1.807, 2.05) is 5.32 Å². The zero-order valence-electron chi connectivity index (χ0n) is 17.9. The van der Waals surface area contributed by atoms with Crippen LogP contribution in [0.3, 0.4) is 0 Å². The fraction of sp³-hybridized carbons (Fsp3) is 0.238. The number of aliphatic carboxylic acids is 1. The van der Waals surface area contributed by atoms with Gasteiger partial charge in [0.25, 0.3) is 10.0 Å². The lowest BCUT2D eigenvalue weighted by Crippen LogP contribution is -2.42. The number of guanidine groups is 1. The summed E-state index contributed by atoms with van der Waals surface area (Å²) in [6.45, 7) is -0.163. The van der Waals surface area contributed by atoms with Crippen molar-refractivity contribution in [1.82, 2.24) is 10.6 Å². The topological polar surface area (TPSA) is 186 Å². The van der Waals surface area contributed by atoms with E-state index in [2.05, 4.69) is 9.71 Å². The number of hydrogen-bond donors (Lipinski definition) is 4. The van der Waals surface area contributed by atoms with Gasteiger partial charge in [0.05, 0.1) is 5.75 Å². The maximum absolute atomic E-state index is 12.1. The number of carbonyl (C=O) groups is 3. The molecule has 0 aliphatic rings. The number of amides is 2. The van der Waals surface area contributed by atoms with Gasteiger partial charge < -0.3 is 25.6 Å². The first-order chi connectivity index (χ1) is 16.1. The third-order valence-corrected chi connectivity index (χ3v) is 5.37. The molecular weight excluding hydrogens is 468 g/mol. The molecule has 0 fully saturated rings. The Labute approximate surface area is 195 Å². The molecule has 5 N–H and O–H groups in total. The van der Waals surface area contributed by atoms with E-state index in [9.17, 15) is 27.9 Å². The molecule has 0 saturated carbocycles. The number of carboxylic acids is 1. The Morgan fingerprint density at radius 1 is 0.912 bits per heavy atom. The van der Waals surface area contributed by atoms with Gasteiger partial charge in [-0.3, -0.25) is 5.32 Å². The zero-order valence-corrected chi connectivity index (χ0v) is 18.7. The van der Waals surface area contributed by atoms with Gasteiger partial charge >= 0.3 is 18.2 Å². The highest BCUT2D eigenvalue weighted by atomic mass is 32.2. The number of hydrogen-bond acceptors (Lipinski definition) is 7. The molecule has 0 aliphatic heterocycles. The molecule has 2 rings (SSSR count). The summed E-state index contributed by atoms with van der Waals surface area (Å²) in [6, 6.07) is 15.9. The number of alkyl carbamates (subject to hydrolysis) is 2. The highest BCUT2D eigenvalue weighted by Crippen LogP contribution is 2.04. The smallest absolute Gasteiger partial charge is 0.414 e. The van der Waals surface area contributed by atoms with Crippen LogP contribution in [0.5, 0.6) is 0 Å². The van der Waals surface area contributed by atoms with Crippen molar-refractivity contribution >= 4 is 34.1 Å². The third kappa shape index (κ3) is 9.99. The van der Waals surface area contributed by atoms with E-state index >= 15 is 0 Å². The second-order valence-electron chi connectivity index (χ2n) is 6.83. The molecule has 0 saturated heterocycles. The minimum Gasteiger partial charge on any atom is -0.480 e. The molecule has 2 amide bonds. The quantitative estimate of drug-likeness (QED) is 0.280. The van der Waals surface area contributed by atoms with Crippen molar-refractivity contribution in [3.63, 3.8) is 0 Å². The lowest BCUT2D eigenvalue weighted by molar-refractivity contribution is -0.139. The summed E-state index contributed by atoms with van der Waals surface area (Å²) in [7, 11) is -4.28. The fourth-order valence-corrected chi connectivity index (χ4v) is 3.48. The van der Waals surface area contributed by atoms with Crippen molar-refractivity contribution in [1.29, 1.82) is 0 Å². The van der Waals surface area contributed by atoms with E-state index in [0.717, 1.165) is 0 Å². The van der Waals surface area contributed by atoms with E-state index < -0.39 is 52.4 Å². The first-order valence-electron chi connectivity index (χ1n) is 9.90. The average molecular weight is 493 g/mol. The van der Waals surface area contributed by atoms with Crippen LogP contribution in [0.15, 0.2) is 65.1 Å². The van der Waals surface area contributed by atoms with Crippen molar-refractivity contribution in [2.45, 2.75) is 25.7 Å². The number of nitrogens with two attached hydrogens (primary N) is 1. The van der Waals surface area contributed by atoms with Crippen LogP contribution >= 0.6 is 0 Å². The summed E-state index contributed by atoms with van der Waals surface area (Å²) in [5, 5.41) is 13.3. The average Bonchev–Trinajstić information content (AvgIpc) is 2.79. The van der Waals surface area contributed by atoms with Gasteiger partial charge in [-0.2, -0.15) is 0 Å². The van der Waals surface area contributed by atoms with Crippen LogP contribution in [0.2, 0.25) is 0 Å². The van der Waals surface area contributed by atoms with Crippen LogP contribution in [0, 0.1) is 0 Å². The normalized spacial score (nSPS) is 12.3. The van der Waals surface area contributed by atoms with Crippen LogP contribution in [0.4, 0.5) is 9.59 Å². The molecule has 0 spiro atoms. The Morgan fingerprint density at radius 2 is 1.41 bits per heavy atom. The zero-order chi connectivity index (χ0) is 25.0.